The van der Waals surface area contributed by atoms with Gasteiger partial charge in [0.25, 0.3) is 0 Å². The van der Waals surface area contributed by atoms with Crippen molar-refractivity contribution in [3.05, 3.63) is 35.4 Å². The van der Waals surface area contributed by atoms with E-state index in [2.05, 4.69) is 0 Å². The van der Waals surface area contributed by atoms with Gasteiger partial charge in [-0.3, -0.25) is 4.79 Å². The second-order valence-electron chi connectivity index (χ2n) is 3.31. The fraction of sp³-hybridized carbons (Fsp3) is 0.417. The number of aryl methyl sites for hydroxylation is 1. The highest BCUT2D eigenvalue weighted by molar-refractivity contribution is 6.00. The molecule has 76 valence electrons. The Balaban J connectivity index is 2.94. The first-order valence-electron chi connectivity index (χ1n) is 4.83. The summed E-state index contributed by atoms with van der Waals surface area (Å²) in [6.07, 6.45) is 0.403. The Morgan fingerprint density at radius 1 is 1.43 bits per heavy atom. The Labute approximate surface area is 84.9 Å². The van der Waals surface area contributed by atoms with Gasteiger partial charge in [0.2, 0.25) is 0 Å². The number of hydrogen-bond acceptors (Lipinski definition) is 2. The number of hydrogen-bond donors (Lipinski definition) is 0. The van der Waals surface area contributed by atoms with Gasteiger partial charge in [-0.15, -0.1) is 0 Å². The van der Waals surface area contributed by atoms with Crippen LogP contribution in [0, 0.1) is 6.92 Å². The molecule has 0 aliphatic rings. The van der Waals surface area contributed by atoms with Crippen molar-refractivity contribution in [2.45, 2.75) is 26.4 Å². The number of ketones is 1. The SMILES string of the molecule is CCC(OC)C(=O)c1ccccc1C. The first-order chi connectivity index (χ1) is 6.70. The van der Waals surface area contributed by atoms with E-state index >= 15 is 0 Å². The molecule has 2 nitrogen and oxygen atoms in total. The van der Waals surface area contributed by atoms with Crippen molar-refractivity contribution in [1.29, 1.82) is 0 Å². The maximum Gasteiger partial charge on any atom is 0.191 e. The molecule has 1 unspecified atom stereocenters. The van der Waals surface area contributed by atoms with E-state index in [1.807, 2.05) is 38.1 Å². The standard InChI is InChI=1S/C12H16O2/c1-4-11(14-3)12(13)10-8-6-5-7-9(10)2/h5-8,11H,4H2,1-3H3. The number of carbonyl (C=O) groups is 1. The van der Waals surface area contributed by atoms with Gasteiger partial charge in [-0.25, -0.2) is 0 Å². The molecule has 0 spiro atoms. The summed E-state index contributed by atoms with van der Waals surface area (Å²) in [5, 5.41) is 0. The fourth-order valence-corrected chi connectivity index (χ4v) is 1.48. The van der Waals surface area contributed by atoms with Crippen molar-refractivity contribution in [2.75, 3.05) is 7.11 Å². The Bertz CT molecular complexity index is 314. The summed E-state index contributed by atoms with van der Waals surface area (Å²) < 4.78 is 5.12. The van der Waals surface area contributed by atoms with Crippen molar-refractivity contribution in [3.63, 3.8) is 0 Å². The second-order valence-corrected chi connectivity index (χ2v) is 3.31. The minimum absolute atomic E-state index is 0.0769. The molecule has 0 bridgehead atoms. The molecule has 2 heteroatoms. The molecule has 0 radical (unpaired) electrons. The molecular weight excluding hydrogens is 176 g/mol. The predicted molar refractivity (Wildman–Crippen MR) is 56.6 cm³/mol. The average molecular weight is 192 g/mol. The van der Waals surface area contributed by atoms with Crippen LogP contribution in [-0.2, 0) is 4.74 Å². The molecule has 1 atom stereocenters. The summed E-state index contributed by atoms with van der Waals surface area (Å²) in [6, 6.07) is 7.59. The lowest BCUT2D eigenvalue weighted by Gasteiger charge is -2.12. The molecule has 1 aromatic carbocycles. The number of rotatable bonds is 4. The van der Waals surface area contributed by atoms with Crippen LogP contribution in [0.5, 0.6) is 0 Å². The fourth-order valence-electron chi connectivity index (χ4n) is 1.48. The second kappa shape index (κ2) is 4.91. The normalized spacial score (nSPS) is 12.5. The third-order valence-corrected chi connectivity index (χ3v) is 2.36. The quantitative estimate of drug-likeness (QED) is 0.685. The Morgan fingerprint density at radius 3 is 2.57 bits per heavy atom. The number of benzene rings is 1. The van der Waals surface area contributed by atoms with Crippen LogP contribution in [0.4, 0.5) is 0 Å². The third kappa shape index (κ3) is 2.20. The summed E-state index contributed by atoms with van der Waals surface area (Å²) >= 11 is 0. The van der Waals surface area contributed by atoms with E-state index in [1.165, 1.54) is 0 Å². The maximum absolute atomic E-state index is 11.9. The molecule has 1 aromatic rings. The number of carbonyl (C=O) groups excluding carboxylic acids is 1. The van der Waals surface area contributed by atoms with Crippen molar-refractivity contribution >= 4 is 5.78 Å². The van der Waals surface area contributed by atoms with Crippen LogP contribution in [0.15, 0.2) is 24.3 Å². The molecule has 14 heavy (non-hydrogen) atoms. The van der Waals surface area contributed by atoms with E-state index in [4.69, 9.17) is 4.74 Å². The third-order valence-electron chi connectivity index (χ3n) is 2.36. The minimum atomic E-state index is -0.309. The zero-order valence-corrected chi connectivity index (χ0v) is 8.91. The summed E-state index contributed by atoms with van der Waals surface area (Å²) in [5.74, 6) is 0.0769. The van der Waals surface area contributed by atoms with Gasteiger partial charge in [-0.05, 0) is 18.9 Å². The average Bonchev–Trinajstić information content (AvgIpc) is 2.20. The monoisotopic (exact) mass is 192 g/mol. The Kier molecular flexibility index (Phi) is 3.84. The molecule has 0 aliphatic heterocycles. The lowest BCUT2D eigenvalue weighted by Crippen LogP contribution is -2.22. The van der Waals surface area contributed by atoms with E-state index < -0.39 is 0 Å². The van der Waals surface area contributed by atoms with Crippen LogP contribution >= 0.6 is 0 Å². The number of Topliss-reactive ketones (excluding diaryl/α,β-unsaturated/α-hetero) is 1. The first kappa shape index (κ1) is 10.9. The smallest absolute Gasteiger partial charge is 0.191 e. The van der Waals surface area contributed by atoms with Crippen LogP contribution in [0.2, 0.25) is 0 Å². The summed E-state index contributed by atoms with van der Waals surface area (Å²) in [4.78, 5) is 11.9. The minimum Gasteiger partial charge on any atom is -0.373 e. The largest absolute Gasteiger partial charge is 0.373 e. The molecule has 0 amide bonds. The molecule has 0 aromatic heterocycles. The van der Waals surface area contributed by atoms with Crippen LogP contribution in [0.25, 0.3) is 0 Å². The van der Waals surface area contributed by atoms with E-state index in [0.717, 1.165) is 11.1 Å². The summed E-state index contributed by atoms with van der Waals surface area (Å²) in [5.41, 5.74) is 1.77. The molecule has 0 saturated heterocycles. The predicted octanol–water partition coefficient (Wildman–Crippen LogP) is 2.60. The zero-order chi connectivity index (χ0) is 10.6. The van der Waals surface area contributed by atoms with Gasteiger partial charge >= 0.3 is 0 Å². The highest BCUT2D eigenvalue weighted by Gasteiger charge is 2.18. The van der Waals surface area contributed by atoms with E-state index in [1.54, 1.807) is 7.11 Å². The summed E-state index contributed by atoms with van der Waals surface area (Å²) in [7, 11) is 1.57. The first-order valence-corrected chi connectivity index (χ1v) is 4.83. The molecular formula is C12H16O2. The lowest BCUT2D eigenvalue weighted by atomic mass is 10.00. The van der Waals surface area contributed by atoms with Gasteiger partial charge in [0, 0.05) is 12.7 Å². The molecule has 0 saturated carbocycles. The zero-order valence-electron chi connectivity index (χ0n) is 8.91. The van der Waals surface area contributed by atoms with Gasteiger partial charge in [0.1, 0.15) is 6.10 Å². The van der Waals surface area contributed by atoms with Gasteiger partial charge in [0.15, 0.2) is 5.78 Å². The van der Waals surface area contributed by atoms with Gasteiger partial charge < -0.3 is 4.74 Å². The number of methoxy groups -OCH3 is 1. The van der Waals surface area contributed by atoms with Crippen molar-refractivity contribution in [1.82, 2.24) is 0 Å². The highest BCUT2D eigenvalue weighted by atomic mass is 16.5. The molecule has 0 aliphatic carbocycles. The maximum atomic E-state index is 11.9. The lowest BCUT2D eigenvalue weighted by molar-refractivity contribution is 0.0595. The van der Waals surface area contributed by atoms with Crippen molar-refractivity contribution in [3.8, 4) is 0 Å². The van der Waals surface area contributed by atoms with E-state index in [0.29, 0.717) is 6.42 Å². The van der Waals surface area contributed by atoms with Gasteiger partial charge in [0.05, 0.1) is 0 Å². The molecule has 0 N–H and O–H groups in total. The topological polar surface area (TPSA) is 26.3 Å². The highest BCUT2D eigenvalue weighted by Crippen LogP contribution is 2.12. The Hall–Kier alpha value is -1.15. The summed E-state index contributed by atoms with van der Waals surface area (Å²) in [6.45, 7) is 3.89. The van der Waals surface area contributed by atoms with Gasteiger partial charge in [-0.2, -0.15) is 0 Å². The molecule has 1 rings (SSSR count). The van der Waals surface area contributed by atoms with Gasteiger partial charge in [-0.1, -0.05) is 31.2 Å². The number of ether oxygens (including phenoxy) is 1. The van der Waals surface area contributed by atoms with Crippen LogP contribution in [0.1, 0.15) is 29.3 Å². The van der Waals surface area contributed by atoms with Crippen LogP contribution < -0.4 is 0 Å². The van der Waals surface area contributed by atoms with Crippen LogP contribution in [0.3, 0.4) is 0 Å². The van der Waals surface area contributed by atoms with E-state index in [-0.39, 0.29) is 11.9 Å². The van der Waals surface area contributed by atoms with E-state index in [9.17, 15) is 4.79 Å². The van der Waals surface area contributed by atoms with Crippen LogP contribution in [-0.4, -0.2) is 19.0 Å². The van der Waals surface area contributed by atoms with Crippen molar-refractivity contribution < 1.29 is 9.53 Å². The van der Waals surface area contributed by atoms with Crippen molar-refractivity contribution in [2.24, 2.45) is 0 Å². The molecule has 0 fully saturated rings. The Morgan fingerprint density at radius 2 is 2.07 bits per heavy atom. The molecule has 0 heterocycles.